The standard InChI is InChI=1S/C19H18FNO3/c1-12(13-3-5-15(20)6-4-13)21-19(22)9-14-11-24-18-10-16(23-2)7-8-17(14)18/h3-8,10-12H,9H2,1-2H3,(H,21,22)/t12-/m1/s1. The number of furan rings is 1. The lowest BCUT2D eigenvalue weighted by atomic mass is 10.1. The number of rotatable bonds is 5. The van der Waals surface area contributed by atoms with Gasteiger partial charge < -0.3 is 14.5 Å². The van der Waals surface area contributed by atoms with Crippen molar-refractivity contribution in [3.63, 3.8) is 0 Å². The van der Waals surface area contributed by atoms with E-state index in [9.17, 15) is 9.18 Å². The van der Waals surface area contributed by atoms with E-state index in [1.807, 2.05) is 19.1 Å². The summed E-state index contributed by atoms with van der Waals surface area (Å²) in [6, 6.07) is 11.4. The first kappa shape index (κ1) is 16.1. The minimum atomic E-state index is -0.294. The first-order chi connectivity index (χ1) is 11.6. The second kappa shape index (κ2) is 6.74. The number of halogens is 1. The summed E-state index contributed by atoms with van der Waals surface area (Å²) in [6.45, 7) is 1.86. The molecule has 0 bridgehead atoms. The third-order valence-electron chi connectivity index (χ3n) is 3.96. The zero-order valence-corrected chi connectivity index (χ0v) is 13.5. The van der Waals surface area contributed by atoms with Gasteiger partial charge >= 0.3 is 0 Å². The Bertz CT molecular complexity index is 855. The first-order valence-corrected chi connectivity index (χ1v) is 7.66. The van der Waals surface area contributed by atoms with E-state index >= 15 is 0 Å². The highest BCUT2D eigenvalue weighted by Crippen LogP contribution is 2.26. The van der Waals surface area contributed by atoms with Crippen molar-refractivity contribution in [2.45, 2.75) is 19.4 Å². The lowest BCUT2D eigenvalue weighted by molar-refractivity contribution is -0.121. The molecule has 5 heteroatoms. The van der Waals surface area contributed by atoms with Gasteiger partial charge in [-0.3, -0.25) is 4.79 Å². The number of hydrogen-bond acceptors (Lipinski definition) is 3. The van der Waals surface area contributed by atoms with Gasteiger partial charge in [-0.2, -0.15) is 0 Å². The lowest BCUT2D eigenvalue weighted by Crippen LogP contribution is -2.28. The highest BCUT2D eigenvalue weighted by Gasteiger charge is 2.14. The van der Waals surface area contributed by atoms with Crippen LogP contribution < -0.4 is 10.1 Å². The van der Waals surface area contributed by atoms with Gasteiger partial charge in [-0.05, 0) is 36.8 Å². The van der Waals surface area contributed by atoms with Gasteiger partial charge in [0.2, 0.25) is 5.91 Å². The Balaban J connectivity index is 1.69. The van der Waals surface area contributed by atoms with E-state index in [2.05, 4.69) is 5.32 Å². The molecule has 0 aliphatic heterocycles. The number of carbonyl (C=O) groups is 1. The largest absolute Gasteiger partial charge is 0.497 e. The van der Waals surface area contributed by atoms with Crippen molar-refractivity contribution >= 4 is 16.9 Å². The Morgan fingerprint density at radius 2 is 2.00 bits per heavy atom. The summed E-state index contributed by atoms with van der Waals surface area (Å²) < 4.78 is 23.6. The number of ether oxygens (including phenoxy) is 1. The predicted molar refractivity (Wildman–Crippen MR) is 89.4 cm³/mol. The summed E-state index contributed by atoms with van der Waals surface area (Å²) in [5.41, 5.74) is 2.35. The molecule has 1 atom stereocenters. The van der Waals surface area contributed by atoms with Gasteiger partial charge in [-0.15, -0.1) is 0 Å². The Kier molecular flexibility index (Phi) is 4.51. The molecule has 2 aromatic carbocycles. The quantitative estimate of drug-likeness (QED) is 0.770. The number of nitrogens with one attached hydrogen (secondary N) is 1. The molecular weight excluding hydrogens is 309 g/mol. The molecule has 1 aromatic heterocycles. The van der Waals surface area contributed by atoms with Gasteiger partial charge in [0.25, 0.3) is 0 Å². The van der Waals surface area contributed by atoms with E-state index in [0.717, 1.165) is 16.5 Å². The molecule has 0 radical (unpaired) electrons. The van der Waals surface area contributed by atoms with Crippen LogP contribution in [0.2, 0.25) is 0 Å². The SMILES string of the molecule is COc1ccc2c(CC(=O)N[C@H](C)c3ccc(F)cc3)coc2c1. The van der Waals surface area contributed by atoms with E-state index in [0.29, 0.717) is 11.3 Å². The lowest BCUT2D eigenvalue weighted by Gasteiger charge is -2.14. The molecule has 1 N–H and O–H groups in total. The Morgan fingerprint density at radius 3 is 2.71 bits per heavy atom. The molecule has 0 fully saturated rings. The maximum atomic E-state index is 13.0. The van der Waals surface area contributed by atoms with E-state index in [1.54, 1.807) is 31.6 Å². The highest BCUT2D eigenvalue weighted by molar-refractivity contribution is 5.88. The zero-order chi connectivity index (χ0) is 17.1. The zero-order valence-electron chi connectivity index (χ0n) is 13.5. The number of benzene rings is 2. The van der Waals surface area contributed by atoms with E-state index in [1.165, 1.54) is 12.1 Å². The fraction of sp³-hybridized carbons (Fsp3) is 0.211. The van der Waals surface area contributed by atoms with Crippen LogP contribution in [0.4, 0.5) is 4.39 Å². The van der Waals surface area contributed by atoms with Crippen LogP contribution in [0, 0.1) is 5.82 Å². The Morgan fingerprint density at radius 1 is 1.25 bits per heavy atom. The Labute approximate surface area is 139 Å². The molecule has 0 aliphatic rings. The molecule has 1 amide bonds. The normalized spacial score (nSPS) is 12.1. The molecule has 0 spiro atoms. The molecule has 24 heavy (non-hydrogen) atoms. The third-order valence-corrected chi connectivity index (χ3v) is 3.96. The molecule has 1 heterocycles. The van der Waals surface area contributed by atoms with Crippen molar-refractivity contribution in [1.29, 1.82) is 0 Å². The van der Waals surface area contributed by atoms with Gasteiger partial charge in [0, 0.05) is 17.0 Å². The summed E-state index contributed by atoms with van der Waals surface area (Å²) in [7, 11) is 1.59. The van der Waals surface area contributed by atoms with E-state index in [-0.39, 0.29) is 24.2 Å². The monoisotopic (exact) mass is 327 g/mol. The van der Waals surface area contributed by atoms with Crippen molar-refractivity contribution in [3.05, 3.63) is 65.7 Å². The summed E-state index contributed by atoms with van der Waals surface area (Å²) in [5, 5.41) is 3.80. The average Bonchev–Trinajstić information content (AvgIpc) is 2.97. The second-order valence-electron chi connectivity index (χ2n) is 5.64. The fourth-order valence-corrected chi connectivity index (χ4v) is 2.63. The van der Waals surface area contributed by atoms with Crippen molar-refractivity contribution in [1.82, 2.24) is 5.32 Å². The first-order valence-electron chi connectivity index (χ1n) is 7.66. The molecule has 3 rings (SSSR count). The number of amides is 1. The van der Waals surface area contributed by atoms with Crippen LogP contribution in [0.3, 0.4) is 0 Å². The molecule has 3 aromatic rings. The van der Waals surface area contributed by atoms with Crippen molar-refractivity contribution in [3.8, 4) is 5.75 Å². The van der Waals surface area contributed by atoms with Gasteiger partial charge in [0.15, 0.2) is 0 Å². The highest BCUT2D eigenvalue weighted by atomic mass is 19.1. The van der Waals surface area contributed by atoms with E-state index < -0.39 is 0 Å². The topological polar surface area (TPSA) is 51.5 Å². The van der Waals surface area contributed by atoms with Crippen molar-refractivity contribution in [2.24, 2.45) is 0 Å². The molecule has 0 saturated heterocycles. The van der Waals surface area contributed by atoms with Crippen LogP contribution in [-0.2, 0) is 11.2 Å². The number of hydrogen-bond donors (Lipinski definition) is 1. The van der Waals surface area contributed by atoms with Crippen LogP contribution in [0.15, 0.2) is 53.1 Å². The Hall–Kier alpha value is -2.82. The van der Waals surface area contributed by atoms with E-state index in [4.69, 9.17) is 9.15 Å². The minimum Gasteiger partial charge on any atom is -0.497 e. The fourth-order valence-electron chi connectivity index (χ4n) is 2.63. The second-order valence-corrected chi connectivity index (χ2v) is 5.64. The molecule has 0 unspecified atom stereocenters. The molecular formula is C19H18FNO3. The third kappa shape index (κ3) is 3.40. The van der Waals surface area contributed by atoms with Gasteiger partial charge in [0.1, 0.15) is 17.1 Å². The summed E-state index contributed by atoms with van der Waals surface area (Å²) in [4.78, 5) is 12.3. The summed E-state index contributed by atoms with van der Waals surface area (Å²) >= 11 is 0. The maximum absolute atomic E-state index is 13.0. The maximum Gasteiger partial charge on any atom is 0.225 e. The van der Waals surface area contributed by atoms with Crippen molar-refractivity contribution < 1.29 is 18.3 Å². The van der Waals surface area contributed by atoms with Crippen LogP contribution in [-0.4, -0.2) is 13.0 Å². The molecule has 4 nitrogen and oxygen atoms in total. The smallest absolute Gasteiger partial charge is 0.225 e. The molecule has 0 aliphatic carbocycles. The number of methoxy groups -OCH3 is 1. The minimum absolute atomic E-state index is 0.120. The summed E-state index contributed by atoms with van der Waals surface area (Å²) in [5.74, 6) is 0.292. The van der Waals surface area contributed by atoms with Crippen LogP contribution in [0.25, 0.3) is 11.0 Å². The number of carbonyl (C=O) groups excluding carboxylic acids is 1. The average molecular weight is 327 g/mol. The van der Waals surface area contributed by atoms with Gasteiger partial charge in [-0.25, -0.2) is 4.39 Å². The van der Waals surface area contributed by atoms with Crippen LogP contribution >= 0.6 is 0 Å². The van der Waals surface area contributed by atoms with Gasteiger partial charge in [0.05, 0.1) is 25.8 Å². The van der Waals surface area contributed by atoms with Crippen LogP contribution in [0.1, 0.15) is 24.1 Å². The summed E-state index contributed by atoms with van der Waals surface area (Å²) in [6.07, 6.45) is 1.80. The number of fused-ring (bicyclic) bond motifs is 1. The van der Waals surface area contributed by atoms with Crippen LogP contribution in [0.5, 0.6) is 5.75 Å². The van der Waals surface area contributed by atoms with Gasteiger partial charge in [-0.1, -0.05) is 12.1 Å². The van der Waals surface area contributed by atoms with Crippen molar-refractivity contribution in [2.75, 3.05) is 7.11 Å². The predicted octanol–water partition coefficient (Wildman–Crippen LogP) is 4.00. The molecule has 124 valence electrons. The molecule has 0 saturated carbocycles.